The smallest absolute Gasteiger partial charge is 0.230 e. The Labute approximate surface area is 120 Å². The molecule has 2 rings (SSSR count). The number of amides is 1. The molecular formula is C16H23NOS. The van der Waals surface area contributed by atoms with Gasteiger partial charge in [-0.15, -0.1) is 11.8 Å². The van der Waals surface area contributed by atoms with E-state index in [0.29, 0.717) is 11.0 Å². The second kappa shape index (κ2) is 7.59. The van der Waals surface area contributed by atoms with Gasteiger partial charge < -0.3 is 5.32 Å². The first-order valence-electron chi connectivity index (χ1n) is 7.21. The van der Waals surface area contributed by atoms with E-state index >= 15 is 0 Å². The van der Waals surface area contributed by atoms with E-state index in [-0.39, 0.29) is 11.9 Å². The van der Waals surface area contributed by atoms with E-state index in [1.165, 1.54) is 37.7 Å². The van der Waals surface area contributed by atoms with Crippen molar-refractivity contribution >= 4 is 17.7 Å². The number of nitrogens with one attached hydrogen (secondary N) is 1. The summed E-state index contributed by atoms with van der Waals surface area (Å²) in [5.41, 5.74) is 1.17. The van der Waals surface area contributed by atoms with Crippen molar-refractivity contribution in [3.05, 3.63) is 35.9 Å². The summed E-state index contributed by atoms with van der Waals surface area (Å²) in [5.74, 6) is 0.758. The van der Waals surface area contributed by atoms with Gasteiger partial charge >= 0.3 is 0 Å². The Morgan fingerprint density at radius 1 is 1.26 bits per heavy atom. The third kappa shape index (κ3) is 4.90. The van der Waals surface area contributed by atoms with Gasteiger partial charge in [0.15, 0.2) is 0 Å². The van der Waals surface area contributed by atoms with Gasteiger partial charge in [0.1, 0.15) is 0 Å². The van der Waals surface area contributed by atoms with Crippen LogP contribution in [0.4, 0.5) is 0 Å². The van der Waals surface area contributed by atoms with E-state index in [1.54, 1.807) is 0 Å². The standard InChI is InChI=1S/C16H23NOS/c1-13(14-8-4-2-5-9-14)17-16(18)12-19-15-10-6-3-7-11-15/h2,4-5,8-9,13,15H,3,6-7,10-12H2,1H3,(H,17,18). The molecule has 1 aromatic carbocycles. The molecule has 1 saturated carbocycles. The van der Waals surface area contributed by atoms with Gasteiger partial charge in [0.05, 0.1) is 11.8 Å². The molecule has 0 aliphatic heterocycles. The Balaban J connectivity index is 1.71. The van der Waals surface area contributed by atoms with Crippen LogP contribution >= 0.6 is 11.8 Å². The van der Waals surface area contributed by atoms with E-state index in [9.17, 15) is 4.79 Å². The molecule has 1 N–H and O–H groups in total. The third-order valence-electron chi connectivity index (χ3n) is 3.68. The average molecular weight is 277 g/mol. The molecule has 19 heavy (non-hydrogen) atoms. The quantitative estimate of drug-likeness (QED) is 0.883. The molecule has 0 radical (unpaired) electrons. The molecule has 0 spiro atoms. The van der Waals surface area contributed by atoms with Gasteiger partial charge in [0, 0.05) is 5.25 Å². The van der Waals surface area contributed by atoms with Gasteiger partial charge in [-0.3, -0.25) is 4.79 Å². The minimum atomic E-state index is 0.0978. The van der Waals surface area contributed by atoms with Crippen LogP contribution in [0.15, 0.2) is 30.3 Å². The fourth-order valence-corrected chi connectivity index (χ4v) is 3.67. The zero-order valence-electron chi connectivity index (χ0n) is 11.6. The molecule has 1 unspecified atom stereocenters. The fourth-order valence-electron chi connectivity index (χ4n) is 2.53. The largest absolute Gasteiger partial charge is 0.349 e. The summed E-state index contributed by atoms with van der Waals surface area (Å²) in [4.78, 5) is 11.9. The van der Waals surface area contributed by atoms with Gasteiger partial charge in [-0.25, -0.2) is 0 Å². The van der Waals surface area contributed by atoms with Crippen LogP contribution < -0.4 is 5.32 Å². The Hall–Kier alpha value is -0.960. The zero-order chi connectivity index (χ0) is 13.5. The Morgan fingerprint density at radius 2 is 1.95 bits per heavy atom. The van der Waals surface area contributed by atoms with Crippen molar-refractivity contribution in [3.8, 4) is 0 Å². The van der Waals surface area contributed by atoms with E-state index in [1.807, 2.05) is 36.9 Å². The van der Waals surface area contributed by atoms with Gasteiger partial charge in [0.2, 0.25) is 5.91 Å². The van der Waals surface area contributed by atoms with E-state index < -0.39 is 0 Å². The van der Waals surface area contributed by atoms with Crippen molar-refractivity contribution in [2.75, 3.05) is 5.75 Å². The van der Waals surface area contributed by atoms with Crippen molar-refractivity contribution in [2.45, 2.75) is 50.3 Å². The van der Waals surface area contributed by atoms with Crippen molar-refractivity contribution in [1.82, 2.24) is 5.32 Å². The molecule has 1 aliphatic rings. The molecule has 1 amide bonds. The van der Waals surface area contributed by atoms with E-state index in [4.69, 9.17) is 0 Å². The number of benzene rings is 1. The molecule has 1 aliphatic carbocycles. The van der Waals surface area contributed by atoms with Crippen LogP contribution in [0.1, 0.15) is 50.6 Å². The molecule has 0 heterocycles. The maximum absolute atomic E-state index is 11.9. The van der Waals surface area contributed by atoms with Crippen molar-refractivity contribution in [2.24, 2.45) is 0 Å². The maximum atomic E-state index is 11.9. The van der Waals surface area contributed by atoms with Crippen molar-refractivity contribution in [3.63, 3.8) is 0 Å². The number of hydrogen-bond acceptors (Lipinski definition) is 2. The topological polar surface area (TPSA) is 29.1 Å². The third-order valence-corrected chi connectivity index (χ3v) is 5.05. The molecular weight excluding hydrogens is 254 g/mol. The molecule has 1 atom stereocenters. The molecule has 1 fully saturated rings. The number of rotatable bonds is 5. The predicted octanol–water partition coefficient (Wildman–Crippen LogP) is 3.93. The highest BCUT2D eigenvalue weighted by Gasteiger charge is 2.16. The molecule has 1 aromatic rings. The summed E-state index contributed by atoms with van der Waals surface area (Å²) in [5, 5.41) is 3.78. The SMILES string of the molecule is CC(NC(=O)CSC1CCCCC1)c1ccccc1. The Morgan fingerprint density at radius 3 is 2.63 bits per heavy atom. The lowest BCUT2D eigenvalue weighted by molar-refractivity contribution is -0.119. The lowest BCUT2D eigenvalue weighted by Gasteiger charge is -2.21. The Kier molecular flexibility index (Phi) is 5.77. The zero-order valence-corrected chi connectivity index (χ0v) is 12.4. The summed E-state index contributed by atoms with van der Waals surface area (Å²) in [6.45, 7) is 2.04. The number of carbonyl (C=O) groups is 1. The second-order valence-electron chi connectivity index (χ2n) is 5.27. The number of hydrogen-bond donors (Lipinski definition) is 1. The first-order chi connectivity index (χ1) is 9.25. The van der Waals surface area contributed by atoms with Gasteiger partial charge in [0.25, 0.3) is 0 Å². The van der Waals surface area contributed by atoms with Crippen LogP contribution in [0.3, 0.4) is 0 Å². The summed E-state index contributed by atoms with van der Waals surface area (Å²) in [6, 6.07) is 10.2. The van der Waals surface area contributed by atoms with Crippen LogP contribution in [0.5, 0.6) is 0 Å². The maximum Gasteiger partial charge on any atom is 0.230 e. The van der Waals surface area contributed by atoms with Crippen LogP contribution in [-0.2, 0) is 4.79 Å². The molecule has 0 saturated heterocycles. The molecule has 0 aromatic heterocycles. The average Bonchev–Trinajstić information content (AvgIpc) is 2.47. The highest BCUT2D eigenvalue weighted by molar-refractivity contribution is 8.00. The highest BCUT2D eigenvalue weighted by Crippen LogP contribution is 2.28. The summed E-state index contributed by atoms with van der Waals surface area (Å²) in [6.07, 6.45) is 6.60. The lowest BCUT2D eigenvalue weighted by Crippen LogP contribution is -2.29. The molecule has 104 valence electrons. The normalized spacial score (nSPS) is 17.9. The monoisotopic (exact) mass is 277 g/mol. The summed E-state index contributed by atoms with van der Waals surface area (Å²) >= 11 is 1.83. The Bertz CT molecular complexity index is 387. The molecule has 0 bridgehead atoms. The first-order valence-corrected chi connectivity index (χ1v) is 8.26. The molecule has 3 heteroatoms. The fraction of sp³-hybridized carbons (Fsp3) is 0.562. The highest BCUT2D eigenvalue weighted by atomic mass is 32.2. The van der Waals surface area contributed by atoms with Gasteiger partial charge in [-0.2, -0.15) is 0 Å². The van der Waals surface area contributed by atoms with Crippen LogP contribution in [0, 0.1) is 0 Å². The van der Waals surface area contributed by atoms with E-state index in [2.05, 4.69) is 17.4 Å². The summed E-state index contributed by atoms with van der Waals surface area (Å²) in [7, 11) is 0. The molecule has 2 nitrogen and oxygen atoms in total. The number of thioether (sulfide) groups is 1. The minimum absolute atomic E-state index is 0.0978. The summed E-state index contributed by atoms with van der Waals surface area (Å²) < 4.78 is 0. The van der Waals surface area contributed by atoms with Crippen LogP contribution in [0.25, 0.3) is 0 Å². The van der Waals surface area contributed by atoms with Crippen LogP contribution in [-0.4, -0.2) is 16.9 Å². The predicted molar refractivity (Wildman–Crippen MR) is 82.3 cm³/mol. The number of carbonyl (C=O) groups excluding carboxylic acids is 1. The van der Waals surface area contributed by atoms with Crippen molar-refractivity contribution in [1.29, 1.82) is 0 Å². The minimum Gasteiger partial charge on any atom is -0.349 e. The first kappa shape index (κ1) is 14.4. The van der Waals surface area contributed by atoms with E-state index in [0.717, 1.165) is 0 Å². The lowest BCUT2D eigenvalue weighted by atomic mass is 10.0. The van der Waals surface area contributed by atoms with Gasteiger partial charge in [-0.05, 0) is 25.3 Å². The van der Waals surface area contributed by atoms with Crippen LogP contribution in [0.2, 0.25) is 0 Å². The van der Waals surface area contributed by atoms with Crippen molar-refractivity contribution < 1.29 is 4.79 Å². The van der Waals surface area contributed by atoms with Gasteiger partial charge in [-0.1, -0.05) is 49.6 Å². The second-order valence-corrected chi connectivity index (χ2v) is 6.56.